The fraction of sp³-hybridized carbons (Fsp3) is 0.462. The van der Waals surface area contributed by atoms with Crippen molar-refractivity contribution < 1.29 is 14.3 Å². The molecule has 1 aromatic rings. The highest BCUT2D eigenvalue weighted by Gasteiger charge is 2.29. The summed E-state index contributed by atoms with van der Waals surface area (Å²) in [6.07, 6.45) is 2.96. The van der Waals surface area contributed by atoms with Gasteiger partial charge in [-0.15, -0.1) is 0 Å². The zero-order valence-corrected chi connectivity index (χ0v) is 9.60. The quantitative estimate of drug-likeness (QED) is 0.821. The van der Waals surface area contributed by atoms with E-state index in [2.05, 4.69) is 0 Å². The Morgan fingerprint density at radius 1 is 1.35 bits per heavy atom. The monoisotopic (exact) mass is 237 g/mol. The molecule has 3 nitrogen and oxygen atoms in total. The predicted molar refractivity (Wildman–Crippen MR) is 62.3 cm³/mol. The molecule has 1 fully saturated rings. The van der Waals surface area contributed by atoms with Gasteiger partial charge in [0.2, 0.25) is 0 Å². The largest absolute Gasteiger partial charge is 0.480 e. The van der Waals surface area contributed by atoms with E-state index >= 15 is 0 Å². The Morgan fingerprint density at radius 3 is 2.53 bits per heavy atom. The van der Waals surface area contributed by atoms with Gasteiger partial charge < -0.3 is 5.11 Å². The fourth-order valence-electron chi connectivity index (χ4n) is 1.93. The summed E-state index contributed by atoms with van der Waals surface area (Å²) in [5.41, 5.74) is 1.04. The molecule has 2 rings (SSSR count). The summed E-state index contributed by atoms with van der Waals surface area (Å²) in [6, 6.07) is 6.82. The molecular formula is C13H16FNO2. The highest BCUT2D eigenvalue weighted by Crippen LogP contribution is 2.26. The van der Waals surface area contributed by atoms with Gasteiger partial charge in [0.15, 0.2) is 0 Å². The van der Waals surface area contributed by atoms with Crippen LogP contribution in [-0.2, 0) is 11.2 Å². The predicted octanol–water partition coefficient (Wildman–Crippen LogP) is 1.92. The minimum Gasteiger partial charge on any atom is -0.480 e. The van der Waals surface area contributed by atoms with Gasteiger partial charge >= 0.3 is 5.97 Å². The van der Waals surface area contributed by atoms with E-state index in [9.17, 15) is 9.18 Å². The molecule has 1 saturated carbocycles. The Kier molecular flexibility index (Phi) is 3.74. The lowest BCUT2D eigenvalue weighted by Gasteiger charge is -2.19. The van der Waals surface area contributed by atoms with Crippen LogP contribution in [0.2, 0.25) is 0 Å². The molecule has 1 aliphatic rings. The van der Waals surface area contributed by atoms with Crippen LogP contribution in [0.3, 0.4) is 0 Å². The van der Waals surface area contributed by atoms with Crippen molar-refractivity contribution in [3.8, 4) is 0 Å². The van der Waals surface area contributed by atoms with E-state index in [4.69, 9.17) is 5.11 Å². The van der Waals surface area contributed by atoms with Crippen molar-refractivity contribution in [2.24, 2.45) is 0 Å². The minimum absolute atomic E-state index is 0.103. The summed E-state index contributed by atoms with van der Waals surface area (Å²) in [7, 11) is 0. The molecule has 1 aromatic carbocycles. The molecule has 0 spiro atoms. The molecule has 0 saturated heterocycles. The Labute approximate surface area is 99.9 Å². The molecule has 17 heavy (non-hydrogen) atoms. The molecule has 0 unspecified atom stereocenters. The van der Waals surface area contributed by atoms with Gasteiger partial charge in [-0.1, -0.05) is 12.1 Å². The number of aliphatic carboxylic acids is 1. The van der Waals surface area contributed by atoms with Gasteiger partial charge in [-0.05, 0) is 37.0 Å². The number of nitrogens with zero attached hydrogens (tertiary/aromatic N) is 1. The number of benzene rings is 1. The van der Waals surface area contributed by atoms with Crippen molar-refractivity contribution in [1.29, 1.82) is 0 Å². The van der Waals surface area contributed by atoms with E-state index in [1.165, 1.54) is 12.1 Å². The molecule has 0 aliphatic heterocycles. The molecule has 0 atom stereocenters. The van der Waals surface area contributed by atoms with Crippen LogP contribution >= 0.6 is 0 Å². The summed E-state index contributed by atoms with van der Waals surface area (Å²) < 4.78 is 12.7. The van der Waals surface area contributed by atoms with Gasteiger partial charge in [0.25, 0.3) is 0 Å². The van der Waals surface area contributed by atoms with E-state index in [-0.39, 0.29) is 12.4 Å². The summed E-state index contributed by atoms with van der Waals surface area (Å²) in [6.45, 7) is 0.828. The van der Waals surface area contributed by atoms with E-state index in [0.717, 1.165) is 31.4 Å². The topological polar surface area (TPSA) is 40.5 Å². The van der Waals surface area contributed by atoms with Crippen LogP contribution < -0.4 is 0 Å². The van der Waals surface area contributed by atoms with E-state index in [1.54, 1.807) is 12.1 Å². The standard InChI is InChI=1S/C13H16FNO2/c14-11-3-1-10(2-4-11)7-8-15(9-13(16)17)12-5-6-12/h1-4,12H,5-9H2,(H,16,17). The van der Waals surface area contributed by atoms with Gasteiger partial charge in [0.05, 0.1) is 6.54 Å². The van der Waals surface area contributed by atoms with Crippen LogP contribution in [0.25, 0.3) is 0 Å². The van der Waals surface area contributed by atoms with Crippen molar-refractivity contribution in [3.63, 3.8) is 0 Å². The van der Waals surface area contributed by atoms with Gasteiger partial charge in [0.1, 0.15) is 5.82 Å². The third kappa shape index (κ3) is 3.82. The Hall–Kier alpha value is -1.42. The molecule has 1 aliphatic carbocycles. The second-order valence-electron chi connectivity index (χ2n) is 4.47. The number of carbonyl (C=O) groups is 1. The number of hydrogen-bond acceptors (Lipinski definition) is 2. The molecule has 0 bridgehead atoms. The number of carboxylic acid groups (broad SMARTS) is 1. The maximum Gasteiger partial charge on any atom is 0.317 e. The van der Waals surface area contributed by atoms with E-state index in [0.29, 0.717) is 6.04 Å². The smallest absolute Gasteiger partial charge is 0.317 e. The first-order valence-corrected chi connectivity index (χ1v) is 5.85. The van der Waals surface area contributed by atoms with E-state index < -0.39 is 5.97 Å². The van der Waals surface area contributed by atoms with Crippen molar-refractivity contribution in [2.75, 3.05) is 13.1 Å². The molecule has 1 N–H and O–H groups in total. The molecular weight excluding hydrogens is 221 g/mol. The summed E-state index contributed by atoms with van der Waals surface area (Å²) in [5.74, 6) is -1.02. The van der Waals surface area contributed by atoms with Crippen LogP contribution in [-0.4, -0.2) is 35.1 Å². The molecule has 92 valence electrons. The normalized spacial score (nSPS) is 15.2. The lowest BCUT2D eigenvalue weighted by molar-refractivity contribution is -0.138. The zero-order chi connectivity index (χ0) is 12.3. The van der Waals surface area contributed by atoms with E-state index in [1.807, 2.05) is 4.90 Å². The molecule has 0 radical (unpaired) electrons. The lowest BCUT2D eigenvalue weighted by Crippen LogP contribution is -2.33. The first-order valence-electron chi connectivity index (χ1n) is 5.85. The summed E-state index contributed by atoms with van der Waals surface area (Å²) in [5, 5.41) is 8.80. The second-order valence-corrected chi connectivity index (χ2v) is 4.47. The van der Waals surface area contributed by atoms with Crippen molar-refractivity contribution in [2.45, 2.75) is 25.3 Å². The highest BCUT2D eigenvalue weighted by atomic mass is 19.1. The third-order valence-corrected chi connectivity index (χ3v) is 3.00. The average molecular weight is 237 g/mol. The van der Waals surface area contributed by atoms with Crippen molar-refractivity contribution >= 4 is 5.97 Å². The average Bonchev–Trinajstić information content (AvgIpc) is 3.10. The molecule has 0 aromatic heterocycles. The Bertz CT molecular complexity index is 387. The van der Waals surface area contributed by atoms with Gasteiger partial charge in [-0.25, -0.2) is 4.39 Å². The SMILES string of the molecule is O=C(O)CN(CCc1ccc(F)cc1)C1CC1. The fourth-order valence-corrected chi connectivity index (χ4v) is 1.93. The number of hydrogen-bond donors (Lipinski definition) is 1. The van der Waals surface area contributed by atoms with Crippen molar-refractivity contribution in [3.05, 3.63) is 35.6 Å². The molecule has 0 amide bonds. The maximum absolute atomic E-state index is 12.7. The third-order valence-electron chi connectivity index (χ3n) is 3.00. The van der Waals surface area contributed by atoms with Gasteiger partial charge in [-0.3, -0.25) is 9.69 Å². The summed E-state index contributed by atoms with van der Waals surface area (Å²) >= 11 is 0. The first-order chi connectivity index (χ1) is 8.15. The number of halogens is 1. The molecule has 0 heterocycles. The minimum atomic E-state index is -0.781. The highest BCUT2D eigenvalue weighted by molar-refractivity contribution is 5.69. The van der Waals surface area contributed by atoms with Gasteiger partial charge in [0, 0.05) is 12.6 Å². The maximum atomic E-state index is 12.7. The Balaban J connectivity index is 1.86. The van der Waals surface area contributed by atoms with Crippen LogP contribution in [0.5, 0.6) is 0 Å². The van der Waals surface area contributed by atoms with Crippen LogP contribution in [0.1, 0.15) is 18.4 Å². The van der Waals surface area contributed by atoms with Gasteiger partial charge in [-0.2, -0.15) is 0 Å². The number of rotatable bonds is 6. The first kappa shape index (κ1) is 12.0. The van der Waals surface area contributed by atoms with Crippen molar-refractivity contribution in [1.82, 2.24) is 4.90 Å². The zero-order valence-electron chi connectivity index (χ0n) is 9.60. The lowest BCUT2D eigenvalue weighted by atomic mass is 10.1. The second kappa shape index (κ2) is 5.27. The van der Waals surface area contributed by atoms with Crippen LogP contribution in [0, 0.1) is 5.82 Å². The Morgan fingerprint density at radius 2 is 2.00 bits per heavy atom. The summed E-state index contributed by atoms with van der Waals surface area (Å²) in [4.78, 5) is 12.7. The van der Waals surface area contributed by atoms with Crippen LogP contribution in [0.15, 0.2) is 24.3 Å². The number of carboxylic acids is 1. The molecule has 4 heteroatoms. The van der Waals surface area contributed by atoms with Crippen LogP contribution in [0.4, 0.5) is 4.39 Å².